The molecule has 10 heavy (non-hydrogen) atoms. The highest BCUT2D eigenvalue weighted by Crippen LogP contribution is 2.01. The Labute approximate surface area is 60.8 Å². The number of ether oxygens (including phenoxy) is 1. The van der Waals surface area contributed by atoms with E-state index in [1.807, 2.05) is 0 Å². The van der Waals surface area contributed by atoms with E-state index in [0.29, 0.717) is 6.61 Å². The lowest BCUT2D eigenvalue weighted by molar-refractivity contribution is -0.0637. The van der Waals surface area contributed by atoms with Gasteiger partial charge in [0.05, 0.1) is 19.3 Å². The van der Waals surface area contributed by atoms with Crippen molar-refractivity contribution >= 4 is 0 Å². The van der Waals surface area contributed by atoms with Gasteiger partial charge >= 0.3 is 0 Å². The predicted octanol–water partition coefficient (Wildman–Crippen LogP) is -0.793. The van der Waals surface area contributed by atoms with Crippen LogP contribution in [0.25, 0.3) is 0 Å². The molecule has 0 spiro atoms. The molecular weight excluding hydrogens is 132 g/mol. The molecule has 0 aromatic rings. The second-order valence-electron chi connectivity index (χ2n) is 2.59. The molecule has 0 radical (unpaired) electrons. The summed E-state index contributed by atoms with van der Waals surface area (Å²) in [5.41, 5.74) is 0. The Bertz CT molecular complexity index is 97.7. The van der Waals surface area contributed by atoms with Gasteiger partial charge in [-0.25, -0.2) is 5.90 Å². The summed E-state index contributed by atoms with van der Waals surface area (Å²) in [5, 5.41) is 0. The smallest absolute Gasteiger partial charge is 0.0955 e. The van der Waals surface area contributed by atoms with Crippen LogP contribution in [0.1, 0.15) is 0 Å². The van der Waals surface area contributed by atoms with Crippen molar-refractivity contribution in [2.45, 2.75) is 6.10 Å². The van der Waals surface area contributed by atoms with Crippen molar-refractivity contribution < 1.29 is 9.57 Å². The van der Waals surface area contributed by atoms with E-state index in [2.05, 4.69) is 16.8 Å². The second kappa shape index (κ2) is 3.88. The lowest BCUT2D eigenvalue weighted by Crippen LogP contribution is -2.42. The van der Waals surface area contributed by atoms with E-state index in [9.17, 15) is 0 Å². The maximum absolute atomic E-state index is 5.34. The van der Waals surface area contributed by atoms with Crippen molar-refractivity contribution in [1.82, 2.24) is 4.90 Å². The van der Waals surface area contributed by atoms with Crippen LogP contribution in [0.2, 0.25) is 0 Å². The highest BCUT2D eigenvalue weighted by Gasteiger charge is 2.16. The molecule has 0 aromatic carbocycles. The number of likely N-dealkylation sites (N-methyl/N-ethyl adjacent to an activating group) is 1. The van der Waals surface area contributed by atoms with Crippen molar-refractivity contribution in [2.24, 2.45) is 5.90 Å². The molecule has 4 nitrogen and oxygen atoms in total. The first kappa shape index (κ1) is 7.94. The first-order chi connectivity index (χ1) is 4.83. The Morgan fingerprint density at radius 3 is 3.20 bits per heavy atom. The van der Waals surface area contributed by atoms with E-state index < -0.39 is 0 Å². The molecule has 1 atom stereocenters. The van der Waals surface area contributed by atoms with Gasteiger partial charge in [-0.1, -0.05) is 0 Å². The summed E-state index contributed by atoms with van der Waals surface area (Å²) in [6, 6.07) is 0. The van der Waals surface area contributed by atoms with Crippen LogP contribution in [0.4, 0.5) is 0 Å². The topological polar surface area (TPSA) is 47.7 Å². The molecule has 1 heterocycles. The summed E-state index contributed by atoms with van der Waals surface area (Å²) in [4.78, 5) is 6.68. The molecule has 0 aliphatic carbocycles. The number of nitrogens with zero attached hydrogens (tertiary/aromatic N) is 1. The Morgan fingerprint density at radius 2 is 2.60 bits per heavy atom. The lowest BCUT2D eigenvalue weighted by Gasteiger charge is -2.29. The van der Waals surface area contributed by atoms with E-state index in [1.165, 1.54) is 0 Å². The summed E-state index contributed by atoms with van der Waals surface area (Å²) >= 11 is 0. The molecule has 4 heteroatoms. The maximum Gasteiger partial charge on any atom is 0.0955 e. The largest absolute Gasteiger partial charge is 0.373 e. The summed E-state index contributed by atoms with van der Waals surface area (Å²) < 4.78 is 5.34. The lowest BCUT2D eigenvalue weighted by atomic mass is 10.3. The molecule has 1 unspecified atom stereocenters. The van der Waals surface area contributed by atoms with E-state index >= 15 is 0 Å². The van der Waals surface area contributed by atoms with E-state index in [-0.39, 0.29) is 6.10 Å². The third kappa shape index (κ3) is 2.22. The number of morpholine rings is 1. The fourth-order valence-electron chi connectivity index (χ4n) is 1.07. The molecule has 1 saturated heterocycles. The summed E-state index contributed by atoms with van der Waals surface area (Å²) in [6.07, 6.45) is 0.156. The molecule has 0 bridgehead atoms. The summed E-state index contributed by atoms with van der Waals surface area (Å²) in [6.45, 7) is 3.19. The third-order valence-corrected chi connectivity index (χ3v) is 1.62. The molecule has 60 valence electrons. The number of hydrogen-bond donors (Lipinski definition) is 1. The van der Waals surface area contributed by atoms with Gasteiger partial charge in [0.2, 0.25) is 0 Å². The number of rotatable bonds is 2. The first-order valence-electron chi connectivity index (χ1n) is 3.44. The maximum atomic E-state index is 5.34. The quantitative estimate of drug-likeness (QED) is 0.518. The molecule has 0 amide bonds. The van der Waals surface area contributed by atoms with Crippen molar-refractivity contribution in [3.8, 4) is 0 Å². The van der Waals surface area contributed by atoms with Crippen molar-refractivity contribution in [1.29, 1.82) is 0 Å². The van der Waals surface area contributed by atoms with Crippen LogP contribution >= 0.6 is 0 Å². The molecule has 1 rings (SSSR count). The van der Waals surface area contributed by atoms with E-state index in [4.69, 9.17) is 10.6 Å². The molecule has 1 aliphatic heterocycles. The highest BCUT2D eigenvalue weighted by molar-refractivity contribution is 4.67. The van der Waals surface area contributed by atoms with Crippen molar-refractivity contribution in [2.75, 3.05) is 33.4 Å². The monoisotopic (exact) mass is 146 g/mol. The van der Waals surface area contributed by atoms with E-state index in [0.717, 1.165) is 19.7 Å². The molecule has 0 aromatic heterocycles. The first-order valence-corrected chi connectivity index (χ1v) is 3.44. The molecular formula is C6H14N2O2. The Balaban J connectivity index is 2.18. The Morgan fingerprint density at radius 1 is 1.80 bits per heavy atom. The molecule has 1 fully saturated rings. The minimum absolute atomic E-state index is 0.156. The zero-order chi connectivity index (χ0) is 7.40. The SMILES string of the molecule is CN1CCOC(CON)C1. The van der Waals surface area contributed by atoms with Gasteiger partial charge in [0, 0.05) is 13.1 Å². The van der Waals surface area contributed by atoms with Gasteiger partial charge in [0.15, 0.2) is 0 Å². The van der Waals surface area contributed by atoms with Gasteiger partial charge in [0.25, 0.3) is 0 Å². The summed E-state index contributed by atoms with van der Waals surface area (Å²) in [5.74, 6) is 4.91. The van der Waals surface area contributed by atoms with Crippen LogP contribution in [0, 0.1) is 0 Å². The van der Waals surface area contributed by atoms with Crippen LogP contribution in [0.5, 0.6) is 0 Å². The van der Waals surface area contributed by atoms with Crippen molar-refractivity contribution in [3.63, 3.8) is 0 Å². The zero-order valence-corrected chi connectivity index (χ0v) is 6.25. The summed E-state index contributed by atoms with van der Waals surface area (Å²) in [7, 11) is 2.06. The van der Waals surface area contributed by atoms with Crippen LogP contribution in [0.3, 0.4) is 0 Å². The number of nitrogens with two attached hydrogens (primary N) is 1. The standard InChI is InChI=1S/C6H14N2O2/c1-8-2-3-9-6(4-8)5-10-7/h6H,2-5,7H2,1H3. The van der Waals surface area contributed by atoms with Gasteiger partial charge in [-0.15, -0.1) is 0 Å². The minimum Gasteiger partial charge on any atom is -0.373 e. The average molecular weight is 146 g/mol. The fourth-order valence-corrected chi connectivity index (χ4v) is 1.07. The van der Waals surface area contributed by atoms with Gasteiger partial charge < -0.3 is 14.5 Å². The third-order valence-electron chi connectivity index (χ3n) is 1.62. The Kier molecular flexibility index (Phi) is 3.08. The second-order valence-corrected chi connectivity index (χ2v) is 2.59. The van der Waals surface area contributed by atoms with Crippen LogP contribution in [-0.4, -0.2) is 44.4 Å². The molecule has 1 aliphatic rings. The Hall–Kier alpha value is -0.160. The average Bonchev–Trinajstić information content (AvgIpc) is 1.88. The van der Waals surface area contributed by atoms with Gasteiger partial charge in [-0.2, -0.15) is 0 Å². The van der Waals surface area contributed by atoms with Crippen LogP contribution in [-0.2, 0) is 9.57 Å². The fraction of sp³-hybridized carbons (Fsp3) is 1.00. The molecule has 2 N–H and O–H groups in total. The van der Waals surface area contributed by atoms with Crippen LogP contribution < -0.4 is 5.90 Å². The normalized spacial score (nSPS) is 28.8. The molecule has 0 saturated carbocycles. The minimum atomic E-state index is 0.156. The van der Waals surface area contributed by atoms with Gasteiger partial charge in [0.1, 0.15) is 0 Å². The van der Waals surface area contributed by atoms with E-state index in [1.54, 1.807) is 0 Å². The van der Waals surface area contributed by atoms with Gasteiger partial charge in [-0.05, 0) is 7.05 Å². The van der Waals surface area contributed by atoms with Crippen LogP contribution in [0.15, 0.2) is 0 Å². The predicted molar refractivity (Wildman–Crippen MR) is 37.4 cm³/mol. The highest BCUT2D eigenvalue weighted by atomic mass is 16.6. The number of hydrogen-bond acceptors (Lipinski definition) is 4. The van der Waals surface area contributed by atoms with Gasteiger partial charge in [-0.3, -0.25) is 0 Å². The van der Waals surface area contributed by atoms with Crippen molar-refractivity contribution in [3.05, 3.63) is 0 Å². The zero-order valence-electron chi connectivity index (χ0n) is 6.25.